The molecule has 0 aromatic heterocycles. The first-order valence-electron chi connectivity index (χ1n) is 5.19. The van der Waals surface area contributed by atoms with Crippen molar-refractivity contribution in [2.45, 2.75) is 19.8 Å². The van der Waals surface area contributed by atoms with Crippen LogP contribution in [0.15, 0.2) is 18.2 Å². The predicted molar refractivity (Wildman–Crippen MR) is 59.5 cm³/mol. The Labute approximate surface area is 93.5 Å². The highest BCUT2D eigenvalue weighted by Gasteiger charge is 2.22. The number of rotatable bonds is 2. The number of fused-ring (bicyclic) bond motifs is 1. The highest BCUT2D eigenvalue weighted by molar-refractivity contribution is 5.93. The third-order valence-corrected chi connectivity index (χ3v) is 2.77. The second-order valence-corrected chi connectivity index (χ2v) is 3.95. The van der Waals surface area contributed by atoms with Gasteiger partial charge in [-0.1, -0.05) is 12.1 Å². The van der Waals surface area contributed by atoms with Crippen LogP contribution in [0.2, 0.25) is 0 Å². The molecule has 0 fully saturated rings. The van der Waals surface area contributed by atoms with Crippen LogP contribution < -0.4 is 4.90 Å². The molecule has 1 aromatic rings. The number of nitrogens with zero attached hydrogens (tertiary/aromatic N) is 1. The topological polar surface area (TPSA) is 57.6 Å². The van der Waals surface area contributed by atoms with Crippen LogP contribution in [0.3, 0.4) is 0 Å². The summed E-state index contributed by atoms with van der Waals surface area (Å²) >= 11 is 0. The van der Waals surface area contributed by atoms with Crippen LogP contribution in [-0.4, -0.2) is 23.5 Å². The second-order valence-electron chi connectivity index (χ2n) is 3.95. The van der Waals surface area contributed by atoms with Crippen molar-refractivity contribution in [3.8, 4) is 0 Å². The molecule has 84 valence electrons. The van der Waals surface area contributed by atoms with Crippen molar-refractivity contribution in [3.05, 3.63) is 29.3 Å². The normalized spacial score (nSPS) is 13.7. The lowest BCUT2D eigenvalue weighted by Gasteiger charge is -2.14. The van der Waals surface area contributed by atoms with Gasteiger partial charge in [-0.05, 0) is 23.6 Å². The van der Waals surface area contributed by atoms with E-state index in [4.69, 9.17) is 5.11 Å². The van der Waals surface area contributed by atoms with Crippen LogP contribution in [0, 0.1) is 0 Å². The van der Waals surface area contributed by atoms with Crippen molar-refractivity contribution in [1.29, 1.82) is 0 Å². The average Bonchev–Trinajstić information content (AvgIpc) is 2.59. The Hall–Kier alpha value is -1.84. The molecule has 1 N–H and O–H groups in total. The molecule has 1 aromatic carbocycles. The molecule has 1 amide bonds. The number of carboxylic acids is 1. The summed E-state index contributed by atoms with van der Waals surface area (Å²) in [4.78, 5) is 23.6. The summed E-state index contributed by atoms with van der Waals surface area (Å²) in [5.41, 5.74) is 2.77. The Morgan fingerprint density at radius 2 is 2.19 bits per heavy atom. The molecule has 1 aliphatic rings. The smallest absolute Gasteiger partial charge is 0.307 e. The molecule has 0 saturated carbocycles. The summed E-state index contributed by atoms with van der Waals surface area (Å²) in [6.07, 6.45) is 0.843. The zero-order valence-electron chi connectivity index (χ0n) is 9.06. The van der Waals surface area contributed by atoms with Crippen molar-refractivity contribution in [3.63, 3.8) is 0 Å². The number of amides is 1. The van der Waals surface area contributed by atoms with E-state index in [1.807, 2.05) is 12.1 Å². The van der Waals surface area contributed by atoms with Gasteiger partial charge in [0.2, 0.25) is 5.91 Å². The van der Waals surface area contributed by atoms with Crippen LogP contribution in [-0.2, 0) is 22.4 Å². The SMILES string of the molecule is CC(=O)N1CCc2cc(CC(=O)O)ccc21. The highest BCUT2D eigenvalue weighted by Crippen LogP contribution is 2.28. The lowest BCUT2D eigenvalue weighted by atomic mass is 10.1. The van der Waals surface area contributed by atoms with E-state index in [2.05, 4.69) is 0 Å². The van der Waals surface area contributed by atoms with E-state index < -0.39 is 5.97 Å². The number of carbonyl (C=O) groups is 2. The second kappa shape index (κ2) is 3.96. The number of aliphatic carboxylic acids is 1. The Morgan fingerprint density at radius 1 is 1.44 bits per heavy atom. The minimum Gasteiger partial charge on any atom is -0.481 e. The van der Waals surface area contributed by atoms with E-state index in [1.54, 1.807) is 17.9 Å². The molecular weight excluding hydrogens is 206 g/mol. The highest BCUT2D eigenvalue weighted by atomic mass is 16.4. The molecule has 2 rings (SSSR count). The van der Waals surface area contributed by atoms with Crippen molar-refractivity contribution in [2.24, 2.45) is 0 Å². The summed E-state index contributed by atoms with van der Waals surface area (Å²) in [6.45, 7) is 2.24. The van der Waals surface area contributed by atoms with Crippen molar-refractivity contribution < 1.29 is 14.7 Å². The Morgan fingerprint density at radius 3 is 2.81 bits per heavy atom. The maximum atomic E-state index is 11.3. The molecule has 1 aliphatic heterocycles. The first-order valence-corrected chi connectivity index (χ1v) is 5.19. The Bertz CT molecular complexity index is 454. The lowest BCUT2D eigenvalue weighted by molar-refractivity contribution is -0.136. The molecule has 0 bridgehead atoms. The maximum absolute atomic E-state index is 11.3. The average molecular weight is 219 g/mol. The van der Waals surface area contributed by atoms with Gasteiger partial charge in [0.15, 0.2) is 0 Å². The van der Waals surface area contributed by atoms with E-state index in [9.17, 15) is 9.59 Å². The molecule has 4 nitrogen and oxygen atoms in total. The van der Waals surface area contributed by atoms with Gasteiger partial charge in [-0.15, -0.1) is 0 Å². The summed E-state index contributed by atoms with van der Waals surface area (Å²) in [7, 11) is 0. The standard InChI is InChI=1S/C12H13NO3/c1-8(14)13-5-4-10-6-9(7-12(15)16)2-3-11(10)13/h2-3,6H,4-5,7H2,1H3,(H,15,16). The van der Waals surface area contributed by atoms with Gasteiger partial charge in [0.1, 0.15) is 0 Å². The van der Waals surface area contributed by atoms with E-state index in [-0.39, 0.29) is 12.3 Å². The molecule has 4 heteroatoms. The lowest BCUT2D eigenvalue weighted by Crippen LogP contribution is -2.25. The summed E-state index contributed by atoms with van der Waals surface area (Å²) < 4.78 is 0. The quantitative estimate of drug-likeness (QED) is 0.813. The first kappa shape index (κ1) is 10.7. The number of anilines is 1. The van der Waals surface area contributed by atoms with Crippen LogP contribution in [0.25, 0.3) is 0 Å². The zero-order valence-corrected chi connectivity index (χ0v) is 9.06. The van der Waals surface area contributed by atoms with Crippen molar-refractivity contribution in [1.82, 2.24) is 0 Å². The fourth-order valence-corrected chi connectivity index (χ4v) is 2.07. The van der Waals surface area contributed by atoms with Gasteiger partial charge in [0.05, 0.1) is 6.42 Å². The van der Waals surface area contributed by atoms with E-state index in [0.717, 1.165) is 23.2 Å². The van der Waals surface area contributed by atoms with Crippen LogP contribution in [0.1, 0.15) is 18.1 Å². The van der Waals surface area contributed by atoms with Gasteiger partial charge in [-0.2, -0.15) is 0 Å². The van der Waals surface area contributed by atoms with Gasteiger partial charge >= 0.3 is 5.97 Å². The van der Waals surface area contributed by atoms with Gasteiger partial charge in [-0.25, -0.2) is 0 Å². The third kappa shape index (κ3) is 1.91. The molecule has 1 heterocycles. The van der Waals surface area contributed by atoms with E-state index in [1.165, 1.54) is 0 Å². The molecule has 0 atom stereocenters. The largest absolute Gasteiger partial charge is 0.481 e. The molecule has 0 saturated heterocycles. The fourth-order valence-electron chi connectivity index (χ4n) is 2.07. The van der Waals surface area contributed by atoms with E-state index in [0.29, 0.717) is 6.54 Å². The minimum absolute atomic E-state index is 0.0322. The number of hydrogen-bond donors (Lipinski definition) is 1. The van der Waals surface area contributed by atoms with Crippen LogP contribution >= 0.6 is 0 Å². The predicted octanol–water partition coefficient (Wildman–Crippen LogP) is 1.22. The Balaban J connectivity index is 2.29. The zero-order chi connectivity index (χ0) is 11.7. The van der Waals surface area contributed by atoms with Gasteiger partial charge in [-0.3, -0.25) is 9.59 Å². The van der Waals surface area contributed by atoms with Gasteiger partial charge in [0.25, 0.3) is 0 Å². The molecule has 0 unspecified atom stereocenters. The third-order valence-electron chi connectivity index (χ3n) is 2.77. The number of carbonyl (C=O) groups excluding carboxylic acids is 1. The number of carboxylic acid groups (broad SMARTS) is 1. The summed E-state index contributed by atoms with van der Waals surface area (Å²) in [5.74, 6) is -0.800. The fraction of sp³-hybridized carbons (Fsp3) is 0.333. The molecule has 0 aliphatic carbocycles. The number of hydrogen-bond acceptors (Lipinski definition) is 2. The van der Waals surface area contributed by atoms with Crippen LogP contribution in [0.5, 0.6) is 0 Å². The van der Waals surface area contributed by atoms with Crippen LogP contribution in [0.4, 0.5) is 5.69 Å². The summed E-state index contributed by atoms with van der Waals surface area (Å²) in [5, 5.41) is 8.69. The van der Waals surface area contributed by atoms with Gasteiger partial charge < -0.3 is 10.0 Å². The maximum Gasteiger partial charge on any atom is 0.307 e. The number of benzene rings is 1. The van der Waals surface area contributed by atoms with Crippen molar-refractivity contribution in [2.75, 3.05) is 11.4 Å². The molecule has 0 radical (unpaired) electrons. The monoisotopic (exact) mass is 219 g/mol. The van der Waals surface area contributed by atoms with E-state index >= 15 is 0 Å². The summed E-state index contributed by atoms with van der Waals surface area (Å²) in [6, 6.07) is 5.49. The van der Waals surface area contributed by atoms with Crippen molar-refractivity contribution >= 4 is 17.6 Å². The molecular formula is C12H13NO3. The van der Waals surface area contributed by atoms with Gasteiger partial charge in [0, 0.05) is 19.2 Å². The molecule has 16 heavy (non-hydrogen) atoms. The Kier molecular flexibility index (Phi) is 2.64. The first-order chi connectivity index (χ1) is 7.58. The molecule has 0 spiro atoms. The minimum atomic E-state index is -0.832.